The summed E-state index contributed by atoms with van der Waals surface area (Å²) < 4.78 is 1.14. The van der Waals surface area contributed by atoms with Crippen molar-refractivity contribution in [2.75, 3.05) is 5.32 Å². The summed E-state index contributed by atoms with van der Waals surface area (Å²) in [4.78, 5) is 12.7. The van der Waals surface area contributed by atoms with Crippen molar-refractivity contribution in [1.29, 1.82) is 0 Å². The van der Waals surface area contributed by atoms with Gasteiger partial charge in [0.25, 0.3) is 0 Å². The third-order valence-corrected chi connectivity index (χ3v) is 3.48. The lowest BCUT2D eigenvalue weighted by Gasteiger charge is -2.02. The van der Waals surface area contributed by atoms with Crippen LogP contribution in [-0.2, 0) is 0 Å². The number of nitrogens with one attached hydrogen (secondary N) is 1. The zero-order valence-corrected chi connectivity index (χ0v) is 11.1. The normalized spacial score (nSPS) is 10.8. The number of rotatable bonds is 2. The number of fused-ring (bicyclic) bond motifs is 1. The van der Waals surface area contributed by atoms with E-state index < -0.39 is 0 Å². The first-order chi connectivity index (χ1) is 8.70. The fourth-order valence-corrected chi connectivity index (χ4v) is 2.73. The lowest BCUT2D eigenvalue weighted by molar-refractivity contribution is 1.06. The summed E-state index contributed by atoms with van der Waals surface area (Å²) in [6.07, 6.45) is 0. The van der Waals surface area contributed by atoms with Crippen LogP contribution in [0.3, 0.4) is 0 Å². The smallest absolute Gasteiger partial charge is 0.189 e. The first kappa shape index (κ1) is 11.4. The minimum atomic E-state index is 0.422. The average Bonchev–Trinajstić information content (AvgIpc) is 2.69. The third-order valence-electron chi connectivity index (χ3n) is 2.34. The van der Waals surface area contributed by atoms with Gasteiger partial charge in [0.05, 0.1) is 10.2 Å². The van der Waals surface area contributed by atoms with Crippen LogP contribution in [0.2, 0.25) is 5.15 Å². The van der Waals surface area contributed by atoms with E-state index in [-0.39, 0.29) is 0 Å². The van der Waals surface area contributed by atoms with E-state index in [1.807, 2.05) is 24.3 Å². The van der Waals surface area contributed by atoms with Gasteiger partial charge in [0, 0.05) is 6.07 Å². The summed E-state index contributed by atoms with van der Waals surface area (Å²) in [5.74, 6) is 1.29. The summed E-state index contributed by atoms with van der Waals surface area (Å²) in [5.41, 5.74) is 0.974. The van der Waals surface area contributed by atoms with E-state index in [1.54, 1.807) is 24.3 Å². The van der Waals surface area contributed by atoms with Crippen molar-refractivity contribution >= 4 is 44.1 Å². The second-order valence-corrected chi connectivity index (χ2v) is 5.15. The number of para-hydroxylation sites is 1. The maximum Gasteiger partial charge on any atom is 0.189 e. The van der Waals surface area contributed by atoms with E-state index >= 15 is 0 Å². The van der Waals surface area contributed by atoms with Crippen LogP contribution in [0, 0.1) is 6.92 Å². The molecule has 0 saturated heterocycles. The van der Waals surface area contributed by atoms with Gasteiger partial charge in [-0.25, -0.2) is 15.0 Å². The molecule has 0 unspecified atom stereocenters. The van der Waals surface area contributed by atoms with Gasteiger partial charge in [0.1, 0.15) is 16.8 Å². The van der Waals surface area contributed by atoms with Crippen molar-refractivity contribution in [3.8, 4) is 0 Å². The number of halogens is 1. The van der Waals surface area contributed by atoms with Crippen molar-refractivity contribution < 1.29 is 0 Å². The van der Waals surface area contributed by atoms with Crippen molar-refractivity contribution in [3.05, 3.63) is 41.3 Å². The van der Waals surface area contributed by atoms with Crippen molar-refractivity contribution in [2.24, 2.45) is 0 Å². The SMILES string of the molecule is Cc1nc(Cl)cc(Nc2nc3ccccc3s2)n1. The molecule has 0 fully saturated rings. The lowest BCUT2D eigenvalue weighted by atomic mass is 10.3. The first-order valence-corrected chi connectivity index (χ1v) is 6.54. The number of thiazole rings is 1. The summed E-state index contributed by atoms with van der Waals surface area (Å²) in [6.45, 7) is 1.80. The molecular formula is C12H9ClN4S. The number of nitrogens with zero attached hydrogens (tertiary/aromatic N) is 3. The fraction of sp³-hybridized carbons (Fsp3) is 0.0833. The van der Waals surface area contributed by atoms with Crippen LogP contribution in [0.25, 0.3) is 10.2 Å². The number of benzene rings is 1. The molecule has 6 heteroatoms. The van der Waals surface area contributed by atoms with Gasteiger partial charge in [-0.1, -0.05) is 35.1 Å². The molecule has 0 bridgehead atoms. The Bertz CT molecular complexity index is 657. The Morgan fingerprint density at radius 2 is 2.00 bits per heavy atom. The zero-order chi connectivity index (χ0) is 12.5. The molecule has 0 spiro atoms. The Labute approximate surface area is 113 Å². The quantitative estimate of drug-likeness (QED) is 0.724. The maximum absolute atomic E-state index is 5.89. The van der Waals surface area contributed by atoms with Gasteiger partial charge in [-0.15, -0.1) is 0 Å². The molecule has 4 nitrogen and oxygen atoms in total. The highest BCUT2D eigenvalue weighted by Crippen LogP contribution is 2.27. The molecule has 90 valence electrons. The molecule has 0 radical (unpaired) electrons. The second kappa shape index (κ2) is 4.51. The van der Waals surface area contributed by atoms with Gasteiger partial charge < -0.3 is 5.32 Å². The van der Waals surface area contributed by atoms with Gasteiger partial charge in [-0.2, -0.15) is 0 Å². The van der Waals surface area contributed by atoms with E-state index in [0.717, 1.165) is 15.3 Å². The number of aryl methyl sites for hydroxylation is 1. The Balaban J connectivity index is 1.96. The van der Waals surface area contributed by atoms with Gasteiger partial charge in [-0.3, -0.25) is 0 Å². The van der Waals surface area contributed by atoms with Crippen LogP contribution in [-0.4, -0.2) is 15.0 Å². The number of anilines is 2. The molecule has 18 heavy (non-hydrogen) atoms. The van der Waals surface area contributed by atoms with Gasteiger partial charge in [0.2, 0.25) is 0 Å². The maximum atomic E-state index is 5.89. The summed E-state index contributed by atoms with van der Waals surface area (Å²) >= 11 is 7.47. The number of hydrogen-bond acceptors (Lipinski definition) is 5. The Morgan fingerprint density at radius 3 is 2.78 bits per heavy atom. The highest BCUT2D eigenvalue weighted by Gasteiger charge is 2.05. The standard InChI is InChI=1S/C12H9ClN4S/c1-7-14-10(13)6-11(15-7)17-12-16-8-4-2-3-5-9(8)18-12/h2-6H,1H3,(H,14,15,16,17). The monoisotopic (exact) mass is 276 g/mol. The molecule has 0 aliphatic rings. The molecule has 0 amide bonds. The molecule has 1 N–H and O–H groups in total. The van der Waals surface area contributed by atoms with E-state index in [4.69, 9.17) is 11.6 Å². The average molecular weight is 277 g/mol. The zero-order valence-electron chi connectivity index (χ0n) is 9.51. The first-order valence-electron chi connectivity index (χ1n) is 5.34. The van der Waals surface area contributed by atoms with Crippen LogP contribution in [0.4, 0.5) is 10.9 Å². The highest BCUT2D eigenvalue weighted by molar-refractivity contribution is 7.22. The highest BCUT2D eigenvalue weighted by atomic mass is 35.5. The second-order valence-electron chi connectivity index (χ2n) is 3.73. The van der Waals surface area contributed by atoms with E-state index in [1.165, 1.54) is 0 Å². The summed E-state index contributed by atoms with van der Waals surface area (Å²) in [5, 5.41) is 4.37. The lowest BCUT2D eigenvalue weighted by Crippen LogP contribution is -1.96. The van der Waals surface area contributed by atoms with Crippen molar-refractivity contribution in [1.82, 2.24) is 15.0 Å². The minimum absolute atomic E-state index is 0.422. The van der Waals surface area contributed by atoms with Gasteiger partial charge >= 0.3 is 0 Å². The Hall–Kier alpha value is -1.72. The topological polar surface area (TPSA) is 50.7 Å². The predicted octanol–water partition coefficient (Wildman–Crippen LogP) is 3.79. The predicted molar refractivity (Wildman–Crippen MR) is 74.7 cm³/mol. The molecule has 2 aromatic heterocycles. The Kier molecular flexibility index (Phi) is 2.85. The van der Waals surface area contributed by atoms with Crippen LogP contribution >= 0.6 is 22.9 Å². The molecule has 0 atom stereocenters. The van der Waals surface area contributed by atoms with E-state index in [0.29, 0.717) is 16.8 Å². The van der Waals surface area contributed by atoms with Gasteiger partial charge in [0.15, 0.2) is 5.13 Å². The van der Waals surface area contributed by atoms with Crippen LogP contribution < -0.4 is 5.32 Å². The van der Waals surface area contributed by atoms with Crippen LogP contribution in [0.15, 0.2) is 30.3 Å². The van der Waals surface area contributed by atoms with Crippen molar-refractivity contribution in [3.63, 3.8) is 0 Å². The largest absolute Gasteiger partial charge is 0.316 e. The third kappa shape index (κ3) is 2.27. The molecule has 3 rings (SSSR count). The molecule has 1 aromatic carbocycles. The fourth-order valence-electron chi connectivity index (χ4n) is 1.63. The summed E-state index contributed by atoms with van der Waals surface area (Å²) in [7, 11) is 0. The molecule has 0 aliphatic heterocycles. The van der Waals surface area contributed by atoms with Gasteiger partial charge in [-0.05, 0) is 19.1 Å². The van der Waals surface area contributed by atoms with Crippen LogP contribution in [0.1, 0.15) is 5.82 Å². The summed E-state index contributed by atoms with van der Waals surface area (Å²) in [6, 6.07) is 9.67. The molecule has 0 saturated carbocycles. The number of aromatic nitrogens is 3. The minimum Gasteiger partial charge on any atom is -0.316 e. The molecule has 2 heterocycles. The Morgan fingerprint density at radius 1 is 1.17 bits per heavy atom. The van der Waals surface area contributed by atoms with E-state index in [2.05, 4.69) is 20.3 Å². The molecule has 0 aliphatic carbocycles. The van der Waals surface area contributed by atoms with E-state index in [9.17, 15) is 0 Å². The molecule has 3 aromatic rings. The van der Waals surface area contributed by atoms with Crippen molar-refractivity contribution in [2.45, 2.75) is 6.92 Å². The number of hydrogen-bond donors (Lipinski definition) is 1. The van der Waals surface area contributed by atoms with Crippen LogP contribution in [0.5, 0.6) is 0 Å². The molecular weight excluding hydrogens is 268 g/mol.